The number of rotatable bonds is 8. The molecule has 3 aromatic carbocycles. The average Bonchev–Trinajstić information content (AvgIpc) is 3.12. The first-order valence-corrected chi connectivity index (χ1v) is 12.1. The number of nitro benzene ring substituents is 1. The van der Waals surface area contributed by atoms with Crippen molar-refractivity contribution in [2.45, 2.75) is 13.2 Å². The Kier molecular flexibility index (Phi) is 7.83. The number of benzene rings is 3. The van der Waals surface area contributed by atoms with Crippen LogP contribution in [0.15, 0.2) is 65.6 Å². The van der Waals surface area contributed by atoms with Gasteiger partial charge in [0.25, 0.3) is 16.8 Å². The second-order valence-corrected chi connectivity index (χ2v) is 9.43. The van der Waals surface area contributed by atoms with Crippen LogP contribution in [0.2, 0.25) is 10.0 Å². The van der Waals surface area contributed by atoms with E-state index in [9.17, 15) is 19.7 Å². The molecular weight excluding hydrogens is 527 g/mol. The molecular formula is C25H18Cl2N2O6S. The quantitative estimate of drug-likeness (QED) is 0.176. The first-order valence-electron chi connectivity index (χ1n) is 10.5. The van der Waals surface area contributed by atoms with Gasteiger partial charge in [-0.05, 0) is 47.2 Å². The highest BCUT2D eigenvalue weighted by Crippen LogP contribution is 2.40. The number of carbonyl (C=O) groups excluding carboxylic acids is 2. The molecule has 0 saturated carbocycles. The van der Waals surface area contributed by atoms with E-state index in [1.54, 1.807) is 12.1 Å². The van der Waals surface area contributed by atoms with E-state index < -0.39 is 16.1 Å². The van der Waals surface area contributed by atoms with Gasteiger partial charge in [-0.15, -0.1) is 0 Å². The summed E-state index contributed by atoms with van der Waals surface area (Å²) in [4.78, 5) is 37.8. The number of halogens is 2. The number of nitrogens with zero attached hydrogens (tertiary/aromatic N) is 2. The fourth-order valence-corrected chi connectivity index (χ4v) is 4.74. The molecule has 184 valence electrons. The predicted octanol–water partition coefficient (Wildman–Crippen LogP) is 6.73. The molecule has 1 aliphatic heterocycles. The molecule has 0 aromatic heterocycles. The van der Waals surface area contributed by atoms with Crippen LogP contribution in [0.25, 0.3) is 6.08 Å². The Morgan fingerprint density at radius 3 is 2.47 bits per heavy atom. The third kappa shape index (κ3) is 5.64. The molecule has 0 atom stereocenters. The van der Waals surface area contributed by atoms with E-state index in [4.69, 9.17) is 32.7 Å². The van der Waals surface area contributed by atoms with Crippen LogP contribution >= 0.6 is 35.0 Å². The van der Waals surface area contributed by atoms with Gasteiger partial charge >= 0.3 is 0 Å². The van der Waals surface area contributed by atoms with Crippen molar-refractivity contribution in [3.63, 3.8) is 0 Å². The van der Waals surface area contributed by atoms with E-state index in [1.165, 1.54) is 31.4 Å². The van der Waals surface area contributed by atoms with Crippen LogP contribution in [0.1, 0.15) is 16.7 Å². The summed E-state index contributed by atoms with van der Waals surface area (Å²) in [5.41, 5.74) is 1.21. The standard InChI is InChI=1S/C25H18Cl2N2O6S/c1-34-21-9-17(20(29(32)33)12-22(21)35-14-15-5-3-2-4-6-15)10-23-24(30)28(25(31)36-23)13-16-7-8-18(26)11-19(16)27/h2-12H,13-14H2,1H3/b23-10+. The van der Waals surface area contributed by atoms with Crippen molar-refractivity contribution < 1.29 is 24.0 Å². The van der Waals surface area contributed by atoms with Crippen molar-refractivity contribution in [1.29, 1.82) is 0 Å². The number of methoxy groups -OCH3 is 1. The fraction of sp³-hybridized carbons (Fsp3) is 0.120. The van der Waals surface area contributed by atoms with Crippen molar-refractivity contribution in [2.24, 2.45) is 0 Å². The molecule has 3 aromatic rings. The smallest absolute Gasteiger partial charge is 0.293 e. The highest BCUT2D eigenvalue weighted by molar-refractivity contribution is 8.18. The summed E-state index contributed by atoms with van der Waals surface area (Å²) in [5.74, 6) is -0.167. The van der Waals surface area contributed by atoms with Crippen LogP contribution < -0.4 is 9.47 Å². The summed E-state index contributed by atoms with van der Waals surface area (Å²) in [6.07, 6.45) is 1.30. The number of thioether (sulfide) groups is 1. The van der Waals surface area contributed by atoms with Gasteiger partial charge in [-0.1, -0.05) is 59.6 Å². The second kappa shape index (κ2) is 11.0. The summed E-state index contributed by atoms with van der Waals surface area (Å²) < 4.78 is 11.1. The maximum atomic E-state index is 13.0. The van der Waals surface area contributed by atoms with Gasteiger partial charge < -0.3 is 9.47 Å². The van der Waals surface area contributed by atoms with E-state index in [2.05, 4.69) is 0 Å². The molecule has 0 radical (unpaired) electrons. The molecule has 1 aliphatic rings. The number of ether oxygens (including phenoxy) is 2. The minimum absolute atomic E-state index is 0.0354. The Balaban J connectivity index is 1.62. The summed E-state index contributed by atoms with van der Waals surface area (Å²) in [7, 11) is 1.41. The van der Waals surface area contributed by atoms with Gasteiger partial charge in [-0.3, -0.25) is 24.6 Å². The number of hydrogen-bond acceptors (Lipinski definition) is 7. The lowest BCUT2D eigenvalue weighted by Crippen LogP contribution is -2.27. The average molecular weight is 545 g/mol. The van der Waals surface area contributed by atoms with Gasteiger partial charge in [0, 0.05) is 10.0 Å². The zero-order chi connectivity index (χ0) is 25.8. The van der Waals surface area contributed by atoms with Gasteiger partial charge in [0.15, 0.2) is 11.5 Å². The van der Waals surface area contributed by atoms with Crippen LogP contribution in [0.3, 0.4) is 0 Å². The zero-order valence-corrected chi connectivity index (χ0v) is 21.1. The maximum absolute atomic E-state index is 13.0. The van der Waals surface area contributed by atoms with Crippen LogP contribution in [0.4, 0.5) is 10.5 Å². The molecule has 2 amide bonds. The molecule has 0 bridgehead atoms. The van der Waals surface area contributed by atoms with Gasteiger partial charge in [-0.25, -0.2) is 0 Å². The van der Waals surface area contributed by atoms with Crippen LogP contribution in [-0.4, -0.2) is 28.1 Å². The maximum Gasteiger partial charge on any atom is 0.293 e. The fourth-order valence-electron chi connectivity index (χ4n) is 3.44. The molecule has 1 fully saturated rings. The molecule has 0 unspecified atom stereocenters. The summed E-state index contributed by atoms with van der Waals surface area (Å²) >= 11 is 12.8. The number of amides is 2. The molecule has 1 heterocycles. The third-order valence-corrected chi connectivity index (χ3v) is 6.74. The molecule has 4 rings (SSSR count). The van der Waals surface area contributed by atoms with Crippen LogP contribution in [-0.2, 0) is 17.9 Å². The number of hydrogen-bond donors (Lipinski definition) is 0. The Hall–Kier alpha value is -3.53. The molecule has 0 N–H and O–H groups in total. The highest BCUT2D eigenvalue weighted by atomic mass is 35.5. The predicted molar refractivity (Wildman–Crippen MR) is 138 cm³/mol. The van der Waals surface area contributed by atoms with E-state index >= 15 is 0 Å². The van der Waals surface area contributed by atoms with Gasteiger partial charge in [0.2, 0.25) is 0 Å². The van der Waals surface area contributed by atoms with Gasteiger partial charge in [0.1, 0.15) is 6.61 Å². The lowest BCUT2D eigenvalue weighted by atomic mass is 10.1. The van der Waals surface area contributed by atoms with E-state index in [-0.39, 0.29) is 40.8 Å². The first-order chi connectivity index (χ1) is 17.3. The van der Waals surface area contributed by atoms with Crippen molar-refractivity contribution in [1.82, 2.24) is 4.90 Å². The first kappa shape index (κ1) is 25.6. The topological polar surface area (TPSA) is 99.0 Å². The lowest BCUT2D eigenvalue weighted by molar-refractivity contribution is -0.385. The summed E-state index contributed by atoms with van der Waals surface area (Å²) in [6.45, 7) is 0.121. The van der Waals surface area contributed by atoms with Crippen LogP contribution in [0.5, 0.6) is 11.5 Å². The highest BCUT2D eigenvalue weighted by Gasteiger charge is 2.36. The largest absolute Gasteiger partial charge is 0.493 e. The van der Waals surface area contributed by atoms with E-state index in [0.29, 0.717) is 27.4 Å². The Morgan fingerprint density at radius 2 is 1.81 bits per heavy atom. The Morgan fingerprint density at radius 1 is 1.06 bits per heavy atom. The summed E-state index contributed by atoms with van der Waals surface area (Å²) in [6, 6.07) is 16.7. The van der Waals surface area contributed by atoms with E-state index in [0.717, 1.165) is 10.5 Å². The number of carbonyl (C=O) groups is 2. The van der Waals surface area contributed by atoms with Crippen molar-refractivity contribution >= 4 is 57.9 Å². The molecule has 0 aliphatic carbocycles. The second-order valence-electron chi connectivity index (χ2n) is 7.60. The van der Waals surface area contributed by atoms with Crippen molar-refractivity contribution in [3.8, 4) is 11.5 Å². The van der Waals surface area contributed by atoms with E-state index in [1.807, 2.05) is 30.3 Å². The van der Waals surface area contributed by atoms with Crippen molar-refractivity contribution in [2.75, 3.05) is 7.11 Å². The normalized spacial score (nSPS) is 14.4. The Bertz CT molecular complexity index is 1380. The SMILES string of the molecule is COc1cc(/C=C2/SC(=O)N(Cc3ccc(Cl)cc3Cl)C2=O)c([N+](=O)[O-])cc1OCc1ccccc1. The van der Waals surface area contributed by atoms with Gasteiger partial charge in [-0.2, -0.15) is 0 Å². The summed E-state index contributed by atoms with van der Waals surface area (Å²) in [5, 5.41) is 12.0. The van der Waals surface area contributed by atoms with Gasteiger partial charge in [0.05, 0.1) is 35.1 Å². The van der Waals surface area contributed by atoms with Crippen molar-refractivity contribution in [3.05, 3.63) is 102 Å². The lowest BCUT2D eigenvalue weighted by Gasteiger charge is -2.14. The monoisotopic (exact) mass is 544 g/mol. The molecule has 1 saturated heterocycles. The molecule has 36 heavy (non-hydrogen) atoms. The molecule has 11 heteroatoms. The zero-order valence-electron chi connectivity index (χ0n) is 18.8. The molecule has 0 spiro atoms. The third-order valence-electron chi connectivity index (χ3n) is 5.25. The minimum Gasteiger partial charge on any atom is -0.493 e. The number of nitro groups is 1. The minimum atomic E-state index is -0.589. The molecule has 8 nitrogen and oxygen atoms in total. The van der Waals surface area contributed by atoms with Crippen LogP contribution in [0, 0.1) is 10.1 Å². The number of imide groups is 1. The Labute approximate surface area is 220 Å².